The van der Waals surface area contributed by atoms with Crippen LogP contribution in [0.15, 0.2) is 30.5 Å². The molecule has 0 aliphatic rings. The van der Waals surface area contributed by atoms with E-state index in [0.717, 1.165) is 43.1 Å². The van der Waals surface area contributed by atoms with Crippen molar-refractivity contribution in [3.63, 3.8) is 0 Å². The topological polar surface area (TPSA) is 47.0 Å². The third-order valence-corrected chi connectivity index (χ3v) is 3.11. The number of hydrogen-bond donors (Lipinski definition) is 1. The van der Waals surface area contributed by atoms with E-state index in [4.69, 9.17) is 4.74 Å². The second kappa shape index (κ2) is 7.74. The molecular formula is C17H23N3O. The first kappa shape index (κ1) is 15.4. The van der Waals surface area contributed by atoms with Crippen molar-refractivity contribution >= 4 is 0 Å². The van der Waals surface area contributed by atoms with Gasteiger partial charge < -0.3 is 10.1 Å². The van der Waals surface area contributed by atoms with Gasteiger partial charge in [-0.15, -0.1) is 0 Å². The molecular weight excluding hydrogens is 262 g/mol. The molecule has 112 valence electrons. The third kappa shape index (κ3) is 4.83. The minimum Gasteiger partial charge on any atom is -0.437 e. The van der Waals surface area contributed by atoms with Crippen LogP contribution >= 0.6 is 0 Å². The normalized spacial score (nSPS) is 10.6. The number of nitrogens with one attached hydrogen (secondary N) is 1. The zero-order valence-corrected chi connectivity index (χ0v) is 13.0. The Morgan fingerprint density at radius 3 is 2.71 bits per heavy atom. The standard InChI is InChI=1S/C17H23N3O/c1-4-6-15-9-14(11-18-5-2)10-17(20-15)21-16-8-7-13(3)19-12-16/h7-10,12,18H,4-6,11H2,1-3H3. The first-order valence-corrected chi connectivity index (χ1v) is 7.52. The van der Waals surface area contributed by atoms with Crippen LogP contribution in [-0.4, -0.2) is 16.5 Å². The number of ether oxygens (including phenoxy) is 1. The van der Waals surface area contributed by atoms with Crippen LogP contribution in [0.3, 0.4) is 0 Å². The van der Waals surface area contributed by atoms with Crippen molar-refractivity contribution in [3.8, 4) is 11.6 Å². The van der Waals surface area contributed by atoms with Crippen molar-refractivity contribution in [2.45, 2.75) is 40.2 Å². The van der Waals surface area contributed by atoms with Gasteiger partial charge in [0.25, 0.3) is 0 Å². The molecule has 0 aliphatic carbocycles. The maximum Gasteiger partial charge on any atom is 0.219 e. The Bertz CT molecular complexity index is 567. The van der Waals surface area contributed by atoms with Gasteiger partial charge in [-0.3, -0.25) is 4.98 Å². The van der Waals surface area contributed by atoms with Gasteiger partial charge >= 0.3 is 0 Å². The predicted octanol–water partition coefficient (Wildman–Crippen LogP) is 3.64. The van der Waals surface area contributed by atoms with E-state index in [-0.39, 0.29) is 0 Å². The number of nitrogens with zero attached hydrogens (tertiary/aromatic N) is 2. The maximum absolute atomic E-state index is 5.84. The SMILES string of the molecule is CCCc1cc(CNCC)cc(Oc2ccc(C)nc2)n1. The molecule has 1 N–H and O–H groups in total. The van der Waals surface area contributed by atoms with E-state index in [9.17, 15) is 0 Å². The lowest BCUT2D eigenvalue weighted by atomic mass is 10.1. The van der Waals surface area contributed by atoms with Gasteiger partial charge in [0.2, 0.25) is 5.88 Å². The monoisotopic (exact) mass is 285 g/mol. The quantitative estimate of drug-likeness (QED) is 0.843. The molecule has 2 aromatic heterocycles. The Morgan fingerprint density at radius 2 is 2.05 bits per heavy atom. The molecule has 4 heteroatoms. The minimum atomic E-state index is 0.638. The third-order valence-electron chi connectivity index (χ3n) is 3.11. The van der Waals surface area contributed by atoms with Crippen molar-refractivity contribution in [3.05, 3.63) is 47.4 Å². The molecule has 0 aliphatic heterocycles. The fourth-order valence-corrected chi connectivity index (χ4v) is 2.06. The number of hydrogen-bond acceptors (Lipinski definition) is 4. The van der Waals surface area contributed by atoms with E-state index in [1.54, 1.807) is 6.20 Å². The summed E-state index contributed by atoms with van der Waals surface area (Å²) in [5, 5.41) is 3.34. The fraction of sp³-hybridized carbons (Fsp3) is 0.412. The summed E-state index contributed by atoms with van der Waals surface area (Å²) in [5.41, 5.74) is 3.25. The van der Waals surface area contributed by atoms with Crippen LogP contribution in [0.4, 0.5) is 0 Å². The Hall–Kier alpha value is -1.94. The van der Waals surface area contributed by atoms with Gasteiger partial charge in [0.15, 0.2) is 0 Å². The van der Waals surface area contributed by atoms with Gasteiger partial charge in [-0.25, -0.2) is 4.98 Å². The fourth-order valence-electron chi connectivity index (χ4n) is 2.06. The average Bonchev–Trinajstić information content (AvgIpc) is 2.48. The molecule has 2 heterocycles. The molecule has 0 amide bonds. The summed E-state index contributed by atoms with van der Waals surface area (Å²) in [5.74, 6) is 1.36. The molecule has 21 heavy (non-hydrogen) atoms. The molecule has 2 aromatic rings. The van der Waals surface area contributed by atoms with Crippen LogP contribution < -0.4 is 10.1 Å². The molecule has 0 radical (unpaired) electrons. The van der Waals surface area contributed by atoms with E-state index < -0.39 is 0 Å². The Balaban J connectivity index is 2.19. The maximum atomic E-state index is 5.84. The average molecular weight is 285 g/mol. The van der Waals surface area contributed by atoms with Crippen molar-refractivity contribution in [1.29, 1.82) is 0 Å². The van der Waals surface area contributed by atoms with Gasteiger partial charge in [-0.1, -0.05) is 20.3 Å². The second-order valence-electron chi connectivity index (χ2n) is 5.07. The van der Waals surface area contributed by atoms with E-state index >= 15 is 0 Å². The first-order valence-electron chi connectivity index (χ1n) is 7.52. The molecule has 0 atom stereocenters. The van der Waals surface area contributed by atoms with E-state index in [0.29, 0.717) is 5.88 Å². The molecule has 2 rings (SSSR count). The smallest absolute Gasteiger partial charge is 0.219 e. The van der Waals surface area contributed by atoms with Crippen LogP contribution in [0.2, 0.25) is 0 Å². The molecule has 0 aromatic carbocycles. The van der Waals surface area contributed by atoms with Crippen LogP contribution in [0, 0.1) is 6.92 Å². The molecule has 0 saturated carbocycles. The highest BCUT2D eigenvalue weighted by atomic mass is 16.5. The number of rotatable bonds is 7. The molecule has 0 unspecified atom stereocenters. The molecule has 0 spiro atoms. The summed E-state index contributed by atoms with van der Waals surface area (Å²) in [6.07, 6.45) is 3.76. The number of aryl methyl sites for hydroxylation is 2. The van der Waals surface area contributed by atoms with Gasteiger partial charge in [-0.05, 0) is 43.7 Å². The minimum absolute atomic E-state index is 0.638. The summed E-state index contributed by atoms with van der Waals surface area (Å²) in [6, 6.07) is 7.99. The van der Waals surface area contributed by atoms with E-state index in [1.807, 2.05) is 25.1 Å². The molecule has 0 bridgehead atoms. The number of aromatic nitrogens is 2. The van der Waals surface area contributed by atoms with E-state index in [1.165, 1.54) is 5.56 Å². The summed E-state index contributed by atoms with van der Waals surface area (Å²) in [7, 11) is 0. The Labute approximate surface area is 126 Å². The van der Waals surface area contributed by atoms with Gasteiger partial charge in [0, 0.05) is 24.0 Å². The van der Waals surface area contributed by atoms with Gasteiger partial charge in [0.05, 0.1) is 6.20 Å². The lowest BCUT2D eigenvalue weighted by molar-refractivity contribution is 0.457. The zero-order chi connectivity index (χ0) is 15.1. The second-order valence-corrected chi connectivity index (χ2v) is 5.07. The largest absolute Gasteiger partial charge is 0.437 e. The van der Waals surface area contributed by atoms with Gasteiger partial charge in [-0.2, -0.15) is 0 Å². The van der Waals surface area contributed by atoms with Crippen LogP contribution in [0.5, 0.6) is 11.6 Å². The lowest BCUT2D eigenvalue weighted by Crippen LogP contribution is -2.12. The lowest BCUT2D eigenvalue weighted by Gasteiger charge is -2.10. The zero-order valence-electron chi connectivity index (χ0n) is 13.0. The number of pyridine rings is 2. The van der Waals surface area contributed by atoms with Crippen molar-refractivity contribution < 1.29 is 4.74 Å². The van der Waals surface area contributed by atoms with Crippen LogP contribution in [0.1, 0.15) is 37.2 Å². The summed E-state index contributed by atoms with van der Waals surface area (Å²) >= 11 is 0. The summed E-state index contributed by atoms with van der Waals surface area (Å²) in [6.45, 7) is 7.99. The van der Waals surface area contributed by atoms with Gasteiger partial charge in [0.1, 0.15) is 5.75 Å². The van der Waals surface area contributed by atoms with Crippen molar-refractivity contribution in [1.82, 2.24) is 15.3 Å². The van der Waals surface area contributed by atoms with Crippen LogP contribution in [0.25, 0.3) is 0 Å². The molecule has 0 fully saturated rings. The Kier molecular flexibility index (Phi) is 5.69. The van der Waals surface area contributed by atoms with Crippen LogP contribution in [-0.2, 0) is 13.0 Å². The molecule has 4 nitrogen and oxygen atoms in total. The Morgan fingerprint density at radius 1 is 1.19 bits per heavy atom. The summed E-state index contributed by atoms with van der Waals surface area (Å²) < 4.78 is 5.84. The highest BCUT2D eigenvalue weighted by molar-refractivity contribution is 5.30. The highest BCUT2D eigenvalue weighted by Gasteiger charge is 2.05. The predicted molar refractivity (Wildman–Crippen MR) is 84.7 cm³/mol. The van der Waals surface area contributed by atoms with Crippen molar-refractivity contribution in [2.24, 2.45) is 0 Å². The molecule has 0 saturated heterocycles. The van der Waals surface area contributed by atoms with Crippen molar-refractivity contribution in [2.75, 3.05) is 6.54 Å². The summed E-state index contributed by atoms with van der Waals surface area (Å²) in [4.78, 5) is 8.81. The first-order chi connectivity index (χ1) is 10.2. The highest BCUT2D eigenvalue weighted by Crippen LogP contribution is 2.21. The van der Waals surface area contributed by atoms with E-state index in [2.05, 4.69) is 35.2 Å².